The number of nitrogens with one attached hydrogen (secondary N) is 1. The molecular weight excluding hydrogens is 196 g/mol. The molecule has 0 aliphatic rings. The number of hydrogen-bond acceptors (Lipinski definition) is 4. The van der Waals surface area contributed by atoms with Gasteiger partial charge < -0.3 is 4.74 Å². The van der Waals surface area contributed by atoms with Crippen molar-refractivity contribution in [3.63, 3.8) is 0 Å². The first kappa shape index (κ1) is 9.45. The van der Waals surface area contributed by atoms with Crippen molar-refractivity contribution in [3.8, 4) is 0 Å². The van der Waals surface area contributed by atoms with Gasteiger partial charge in [0, 0.05) is 0 Å². The number of carbonyl (C=O) groups excluding carboxylic acids is 1. The summed E-state index contributed by atoms with van der Waals surface area (Å²) in [5.74, 6) is 0.417. The molecule has 0 saturated heterocycles. The van der Waals surface area contributed by atoms with E-state index in [2.05, 4.69) is 20.1 Å². The maximum atomic E-state index is 10.9. The standard InChI is InChI=1S/C9H10N4O2/c1-6-3-4-8-10-7(5-13(8)12-6)11-9(14)15-2/h3-5H,1-2H3,(H,11,14). The largest absolute Gasteiger partial charge is 0.453 e. The Kier molecular flexibility index (Phi) is 2.24. The third-order valence-electron chi connectivity index (χ3n) is 1.87. The smallest absolute Gasteiger partial charge is 0.412 e. The van der Waals surface area contributed by atoms with Gasteiger partial charge in [-0.25, -0.2) is 14.3 Å². The molecule has 0 aromatic carbocycles. The van der Waals surface area contributed by atoms with Crippen molar-refractivity contribution in [1.82, 2.24) is 14.6 Å². The van der Waals surface area contributed by atoms with Crippen molar-refractivity contribution in [2.75, 3.05) is 12.4 Å². The van der Waals surface area contributed by atoms with Gasteiger partial charge >= 0.3 is 6.09 Å². The molecule has 0 radical (unpaired) electrons. The van der Waals surface area contributed by atoms with Crippen LogP contribution in [0.15, 0.2) is 18.3 Å². The molecular formula is C9H10N4O2. The number of hydrogen-bond donors (Lipinski definition) is 1. The van der Waals surface area contributed by atoms with E-state index in [-0.39, 0.29) is 0 Å². The lowest BCUT2D eigenvalue weighted by Gasteiger charge is -1.96. The van der Waals surface area contributed by atoms with Crippen LogP contribution in [-0.4, -0.2) is 27.8 Å². The van der Waals surface area contributed by atoms with E-state index in [1.807, 2.05) is 19.1 Å². The molecule has 2 aromatic heterocycles. The summed E-state index contributed by atoms with van der Waals surface area (Å²) in [7, 11) is 1.30. The molecule has 0 saturated carbocycles. The maximum Gasteiger partial charge on any atom is 0.412 e. The highest BCUT2D eigenvalue weighted by Crippen LogP contribution is 2.08. The zero-order chi connectivity index (χ0) is 10.8. The van der Waals surface area contributed by atoms with E-state index in [1.165, 1.54) is 7.11 Å². The van der Waals surface area contributed by atoms with Crippen LogP contribution in [0.2, 0.25) is 0 Å². The number of nitrogens with zero attached hydrogens (tertiary/aromatic N) is 3. The molecule has 0 aliphatic heterocycles. The molecule has 2 rings (SSSR count). The summed E-state index contributed by atoms with van der Waals surface area (Å²) in [5, 5.41) is 6.66. The number of imidazole rings is 1. The van der Waals surface area contributed by atoms with E-state index >= 15 is 0 Å². The van der Waals surface area contributed by atoms with Crippen LogP contribution in [0.4, 0.5) is 10.6 Å². The van der Waals surface area contributed by atoms with Crippen LogP contribution in [-0.2, 0) is 4.74 Å². The zero-order valence-corrected chi connectivity index (χ0v) is 8.39. The van der Waals surface area contributed by atoms with Gasteiger partial charge in [0.25, 0.3) is 0 Å². The van der Waals surface area contributed by atoms with Crippen molar-refractivity contribution in [3.05, 3.63) is 24.0 Å². The van der Waals surface area contributed by atoms with Crippen molar-refractivity contribution < 1.29 is 9.53 Å². The molecule has 2 aromatic rings. The van der Waals surface area contributed by atoms with Gasteiger partial charge in [-0.2, -0.15) is 5.10 Å². The summed E-state index contributed by atoms with van der Waals surface area (Å²) in [5.41, 5.74) is 1.55. The first-order valence-corrected chi connectivity index (χ1v) is 4.37. The summed E-state index contributed by atoms with van der Waals surface area (Å²) in [6, 6.07) is 3.68. The number of amides is 1. The summed E-state index contributed by atoms with van der Waals surface area (Å²) >= 11 is 0. The molecule has 0 atom stereocenters. The fourth-order valence-electron chi connectivity index (χ4n) is 1.19. The average molecular weight is 206 g/mol. The number of methoxy groups -OCH3 is 1. The first-order valence-electron chi connectivity index (χ1n) is 4.37. The normalized spacial score (nSPS) is 10.3. The van der Waals surface area contributed by atoms with Crippen LogP contribution in [0.3, 0.4) is 0 Å². The van der Waals surface area contributed by atoms with Gasteiger partial charge in [0.2, 0.25) is 0 Å². The van der Waals surface area contributed by atoms with Gasteiger partial charge in [0.05, 0.1) is 19.0 Å². The highest BCUT2D eigenvalue weighted by Gasteiger charge is 2.05. The lowest BCUT2D eigenvalue weighted by molar-refractivity contribution is 0.187. The minimum atomic E-state index is -0.546. The van der Waals surface area contributed by atoms with Gasteiger partial charge in [-0.05, 0) is 19.1 Å². The molecule has 0 fully saturated rings. The molecule has 6 nitrogen and oxygen atoms in total. The van der Waals surface area contributed by atoms with Gasteiger partial charge in [0.15, 0.2) is 11.5 Å². The van der Waals surface area contributed by atoms with Crippen molar-refractivity contribution >= 4 is 17.6 Å². The highest BCUT2D eigenvalue weighted by atomic mass is 16.5. The van der Waals surface area contributed by atoms with Gasteiger partial charge in [-0.1, -0.05) is 0 Å². The quantitative estimate of drug-likeness (QED) is 0.761. The minimum Gasteiger partial charge on any atom is -0.453 e. The van der Waals surface area contributed by atoms with E-state index in [1.54, 1.807) is 10.7 Å². The fraction of sp³-hybridized carbons (Fsp3) is 0.222. The Morgan fingerprint density at radius 1 is 1.53 bits per heavy atom. The Bertz CT molecular complexity index is 506. The van der Waals surface area contributed by atoms with E-state index in [4.69, 9.17) is 0 Å². The zero-order valence-electron chi connectivity index (χ0n) is 8.39. The van der Waals surface area contributed by atoms with E-state index < -0.39 is 6.09 Å². The van der Waals surface area contributed by atoms with Crippen molar-refractivity contribution in [1.29, 1.82) is 0 Å². The topological polar surface area (TPSA) is 68.5 Å². The van der Waals surface area contributed by atoms with Crippen LogP contribution < -0.4 is 5.32 Å². The molecule has 78 valence electrons. The predicted octanol–water partition coefficient (Wildman–Crippen LogP) is 1.22. The van der Waals surface area contributed by atoms with Crippen molar-refractivity contribution in [2.24, 2.45) is 0 Å². The first-order chi connectivity index (χ1) is 7.19. The molecule has 0 aliphatic carbocycles. The molecule has 0 bridgehead atoms. The van der Waals surface area contributed by atoms with Crippen molar-refractivity contribution in [2.45, 2.75) is 6.92 Å². The number of anilines is 1. The second-order valence-corrected chi connectivity index (χ2v) is 3.02. The Labute approximate surface area is 85.9 Å². The number of carbonyl (C=O) groups is 1. The second kappa shape index (κ2) is 3.56. The van der Waals surface area contributed by atoms with Crippen LogP contribution in [0.25, 0.3) is 5.65 Å². The summed E-state index contributed by atoms with van der Waals surface area (Å²) in [6.45, 7) is 1.88. The lowest BCUT2D eigenvalue weighted by atomic mass is 10.4. The van der Waals surface area contributed by atoms with Crippen LogP contribution in [0, 0.1) is 6.92 Å². The molecule has 0 spiro atoms. The SMILES string of the molecule is COC(=O)Nc1cn2nc(C)ccc2n1. The molecule has 1 amide bonds. The molecule has 0 unspecified atom stereocenters. The number of ether oxygens (including phenoxy) is 1. The minimum absolute atomic E-state index is 0.417. The number of rotatable bonds is 1. The Hall–Kier alpha value is -2.11. The summed E-state index contributed by atoms with van der Waals surface area (Å²) in [4.78, 5) is 15.1. The monoisotopic (exact) mass is 206 g/mol. The predicted molar refractivity (Wildman–Crippen MR) is 53.8 cm³/mol. The van der Waals surface area contributed by atoms with Gasteiger partial charge in [0.1, 0.15) is 0 Å². The van der Waals surface area contributed by atoms with E-state index in [0.29, 0.717) is 11.5 Å². The second-order valence-electron chi connectivity index (χ2n) is 3.02. The lowest BCUT2D eigenvalue weighted by Crippen LogP contribution is -2.10. The third-order valence-corrected chi connectivity index (χ3v) is 1.87. The average Bonchev–Trinajstić information content (AvgIpc) is 2.59. The Morgan fingerprint density at radius 2 is 2.33 bits per heavy atom. The third kappa shape index (κ3) is 1.88. The van der Waals surface area contributed by atoms with Crippen LogP contribution in [0.1, 0.15) is 5.69 Å². The molecule has 2 heterocycles. The van der Waals surface area contributed by atoms with Gasteiger partial charge in [-0.3, -0.25) is 5.32 Å². The van der Waals surface area contributed by atoms with Gasteiger partial charge in [-0.15, -0.1) is 0 Å². The Morgan fingerprint density at radius 3 is 3.07 bits per heavy atom. The molecule has 6 heteroatoms. The van der Waals surface area contributed by atoms with Crippen LogP contribution >= 0.6 is 0 Å². The van der Waals surface area contributed by atoms with E-state index in [0.717, 1.165) is 5.69 Å². The van der Waals surface area contributed by atoms with Crippen LogP contribution in [0.5, 0.6) is 0 Å². The number of aryl methyl sites for hydroxylation is 1. The highest BCUT2D eigenvalue weighted by molar-refractivity contribution is 5.83. The maximum absolute atomic E-state index is 10.9. The molecule has 1 N–H and O–H groups in total. The molecule has 15 heavy (non-hydrogen) atoms. The van der Waals surface area contributed by atoms with E-state index in [9.17, 15) is 4.79 Å². The fourth-order valence-corrected chi connectivity index (χ4v) is 1.19. The number of aromatic nitrogens is 3. The summed E-state index contributed by atoms with van der Waals surface area (Å²) < 4.78 is 6.05. The summed E-state index contributed by atoms with van der Waals surface area (Å²) in [6.07, 6.45) is 1.08. The number of fused-ring (bicyclic) bond motifs is 1. The Balaban J connectivity index is 2.34.